The first-order valence-corrected chi connectivity index (χ1v) is 7.91. The Balaban J connectivity index is 1.44. The van der Waals surface area contributed by atoms with Gasteiger partial charge in [0.15, 0.2) is 0 Å². The number of aromatic amines is 1. The van der Waals surface area contributed by atoms with E-state index in [2.05, 4.69) is 43.0 Å². The molecular weight excluding hydrogens is 264 g/mol. The zero-order chi connectivity index (χ0) is 14.2. The molecule has 4 rings (SSSR count). The van der Waals surface area contributed by atoms with Crippen LogP contribution >= 0.6 is 0 Å². The van der Waals surface area contributed by atoms with Crippen LogP contribution in [0.2, 0.25) is 0 Å². The Bertz CT molecular complexity index is 598. The van der Waals surface area contributed by atoms with Crippen LogP contribution in [0.15, 0.2) is 12.3 Å². The first-order chi connectivity index (χ1) is 10.3. The summed E-state index contributed by atoms with van der Waals surface area (Å²) in [5.41, 5.74) is 1.26. The minimum absolute atomic E-state index is 0.567. The second-order valence-corrected chi connectivity index (χ2v) is 6.39. The molecular formula is C15H22N6. The summed E-state index contributed by atoms with van der Waals surface area (Å²) in [6, 6.07) is 2.10. The fourth-order valence-corrected chi connectivity index (χ4v) is 3.36. The molecule has 2 aliphatic rings. The standard InChI is InChI=1S/C15H22N6/c1-20-14(18-19-15(20)11-4-5-11)10-21-8-2-3-12(9-21)13-6-7-16-17-13/h6-7,11-12H,2-5,8-10H2,1H3,(H,16,17). The smallest absolute Gasteiger partial charge is 0.146 e. The molecule has 112 valence electrons. The molecule has 3 heterocycles. The first kappa shape index (κ1) is 13.0. The Morgan fingerprint density at radius 3 is 2.90 bits per heavy atom. The third-order valence-electron chi connectivity index (χ3n) is 4.77. The zero-order valence-electron chi connectivity index (χ0n) is 12.5. The molecule has 0 aromatic carbocycles. The van der Waals surface area contributed by atoms with E-state index in [1.165, 1.54) is 37.2 Å². The van der Waals surface area contributed by atoms with Gasteiger partial charge in [-0.25, -0.2) is 0 Å². The van der Waals surface area contributed by atoms with Gasteiger partial charge < -0.3 is 4.57 Å². The number of rotatable bonds is 4. The molecule has 6 heteroatoms. The Kier molecular flexibility index (Phi) is 3.25. The van der Waals surface area contributed by atoms with Gasteiger partial charge in [0.05, 0.1) is 6.54 Å². The summed E-state index contributed by atoms with van der Waals surface area (Å²) >= 11 is 0. The van der Waals surface area contributed by atoms with Gasteiger partial charge in [-0.1, -0.05) is 0 Å². The summed E-state index contributed by atoms with van der Waals surface area (Å²) < 4.78 is 2.21. The average Bonchev–Trinajstić information content (AvgIpc) is 3.07. The van der Waals surface area contributed by atoms with Crippen LogP contribution in [0.25, 0.3) is 0 Å². The summed E-state index contributed by atoms with van der Waals surface area (Å²) in [5.74, 6) is 3.50. The molecule has 0 amide bonds. The summed E-state index contributed by atoms with van der Waals surface area (Å²) in [6.07, 6.45) is 6.87. The molecule has 0 spiro atoms. The molecule has 1 aliphatic carbocycles. The molecule has 2 aromatic rings. The third-order valence-corrected chi connectivity index (χ3v) is 4.77. The molecule has 6 nitrogen and oxygen atoms in total. The Morgan fingerprint density at radius 1 is 1.24 bits per heavy atom. The van der Waals surface area contributed by atoms with Crippen LogP contribution in [-0.4, -0.2) is 43.0 Å². The van der Waals surface area contributed by atoms with Crippen LogP contribution in [0, 0.1) is 0 Å². The van der Waals surface area contributed by atoms with Crippen molar-refractivity contribution in [3.05, 3.63) is 29.6 Å². The lowest BCUT2D eigenvalue weighted by atomic mass is 9.95. The van der Waals surface area contributed by atoms with Crippen LogP contribution < -0.4 is 0 Å². The fourth-order valence-electron chi connectivity index (χ4n) is 3.36. The van der Waals surface area contributed by atoms with Gasteiger partial charge in [-0.2, -0.15) is 5.10 Å². The molecule has 1 atom stereocenters. The van der Waals surface area contributed by atoms with Crippen molar-refractivity contribution in [1.29, 1.82) is 0 Å². The Labute approximate surface area is 124 Å². The second-order valence-electron chi connectivity index (χ2n) is 6.39. The van der Waals surface area contributed by atoms with Crippen molar-refractivity contribution >= 4 is 0 Å². The minimum Gasteiger partial charge on any atom is -0.317 e. The zero-order valence-corrected chi connectivity index (χ0v) is 12.5. The highest BCUT2D eigenvalue weighted by Crippen LogP contribution is 2.38. The number of hydrogen-bond acceptors (Lipinski definition) is 4. The van der Waals surface area contributed by atoms with Crippen molar-refractivity contribution in [1.82, 2.24) is 29.9 Å². The van der Waals surface area contributed by atoms with Gasteiger partial charge in [0.25, 0.3) is 0 Å². The van der Waals surface area contributed by atoms with E-state index < -0.39 is 0 Å². The van der Waals surface area contributed by atoms with Crippen molar-refractivity contribution in [2.75, 3.05) is 13.1 Å². The van der Waals surface area contributed by atoms with Gasteiger partial charge in [-0.15, -0.1) is 10.2 Å². The van der Waals surface area contributed by atoms with Crippen LogP contribution in [-0.2, 0) is 13.6 Å². The molecule has 21 heavy (non-hydrogen) atoms. The third kappa shape index (κ3) is 2.60. The molecule has 1 aliphatic heterocycles. The van der Waals surface area contributed by atoms with Crippen molar-refractivity contribution in [2.45, 2.75) is 44.1 Å². The van der Waals surface area contributed by atoms with E-state index in [1.807, 2.05) is 6.20 Å². The molecule has 0 radical (unpaired) electrons. The molecule has 1 N–H and O–H groups in total. The average molecular weight is 286 g/mol. The van der Waals surface area contributed by atoms with Gasteiger partial charge in [-0.05, 0) is 38.3 Å². The van der Waals surface area contributed by atoms with E-state index in [0.29, 0.717) is 11.8 Å². The highest BCUT2D eigenvalue weighted by Gasteiger charge is 2.30. The van der Waals surface area contributed by atoms with E-state index in [-0.39, 0.29) is 0 Å². The Morgan fingerprint density at radius 2 is 2.14 bits per heavy atom. The maximum absolute atomic E-state index is 4.41. The normalized spacial score (nSPS) is 23.6. The largest absolute Gasteiger partial charge is 0.317 e. The number of aromatic nitrogens is 5. The number of nitrogens with zero attached hydrogens (tertiary/aromatic N) is 5. The number of hydrogen-bond donors (Lipinski definition) is 1. The van der Waals surface area contributed by atoms with Crippen molar-refractivity contribution in [3.63, 3.8) is 0 Å². The van der Waals surface area contributed by atoms with Crippen molar-refractivity contribution in [2.24, 2.45) is 7.05 Å². The molecule has 1 saturated heterocycles. The molecule has 1 unspecified atom stereocenters. The Hall–Kier alpha value is -1.69. The van der Waals surface area contributed by atoms with E-state index in [1.54, 1.807) is 0 Å². The fraction of sp³-hybridized carbons (Fsp3) is 0.667. The predicted octanol–water partition coefficient (Wildman–Crippen LogP) is 1.80. The maximum Gasteiger partial charge on any atom is 0.146 e. The van der Waals surface area contributed by atoms with Gasteiger partial charge >= 0.3 is 0 Å². The van der Waals surface area contributed by atoms with Gasteiger partial charge in [0.1, 0.15) is 11.6 Å². The summed E-state index contributed by atoms with van der Waals surface area (Å²) in [5, 5.41) is 16.0. The van der Waals surface area contributed by atoms with Crippen LogP contribution in [0.1, 0.15) is 54.9 Å². The monoisotopic (exact) mass is 286 g/mol. The minimum atomic E-state index is 0.567. The van der Waals surface area contributed by atoms with Crippen molar-refractivity contribution < 1.29 is 0 Å². The number of likely N-dealkylation sites (tertiary alicyclic amines) is 1. The maximum atomic E-state index is 4.41. The summed E-state index contributed by atoms with van der Waals surface area (Å²) in [4.78, 5) is 2.50. The van der Waals surface area contributed by atoms with E-state index in [9.17, 15) is 0 Å². The lowest BCUT2D eigenvalue weighted by molar-refractivity contribution is 0.192. The lowest BCUT2D eigenvalue weighted by Crippen LogP contribution is -2.34. The van der Waals surface area contributed by atoms with Gasteiger partial charge in [0, 0.05) is 37.3 Å². The van der Waals surface area contributed by atoms with E-state index >= 15 is 0 Å². The lowest BCUT2D eigenvalue weighted by Gasteiger charge is -2.31. The second kappa shape index (κ2) is 5.26. The molecule has 1 saturated carbocycles. The van der Waals surface area contributed by atoms with Crippen molar-refractivity contribution in [3.8, 4) is 0 Å². The molecule has 2 fully saturated rings. The van der Waals surface area contributed by atoms with E-state index in [4.69, 9.17) is 0 Å². The SMILES string of the molecule is Cn1c(CN2CCCC(c3ccn[nH]3)C2)nnc1C1CC1. The predicted molar refractivity (Wildman–Crippen MR) is 78.8 cm³/mol. The highest BCUT2D eigenvalue weighted by molar-refractivity contribution is 5.09. The number of H-pyrrole nitrogens is 1. The quantitative estimate of drug-likeness (QED) is 0.931. The summed E-state index contributed by atoms with van der Waals surface area (Å²) in [7, 11) is 2.11. The first-order valence-electron chi connectivity index (χ1n) is 7.91. The van der Waals surface area contributed by atoms with Crippen LogP contribution in [0.5, 0.6) is 0 Å². The van der Waals surface area contributed by atoms with Crippen LogP contribution in [0.4, 0.5) is 0 Å². The number of nitrogens with one attached hydrogen (secondary N) is 1. The molecule has 0 bridgehead atoms. The van der Waals surface area contributed by atoms with Gasteiger partial charge in [-0.3, -0.25) is 10.00 Å². The topological polar surface area (TPSA) is 62.6 Å². The van der Waals surface area contributed by atoms with Crippen LogP contribution in [0.3, 0.4) is 0 Å². The summed E-state index contributed by atoms with van der Waals surface area (Å²) in [6.45, 7) is 3.13. The van der Waals surface area contributed by atoms with E-state index in [0.717, 1.165) is 25.5 Å². The number of piperidine rings is 1. The highest BCUT2D eigenvalue weighted by atomic mass is 15.3. The molecule has 2 aromatic heterocycles. The van der Waals surface area contributed by atoms with Gasteiger partial charge in [0.2, 0.25) is 0 Å².